The van der Waals surface area contributed by atoms with Gasteiger partial charge in [-0.05, 0) is 72.5 Å². The fourth-order valence-corrected chi connectivity index (χ4v) is 9.36. The smallest absolute Gasteiger partial charge is 0.381 e. The topological polar surface area (TPSA) is 163 Å². The molecule has 0 spiro atoms. The minimum absolute atomic E-state index is 0.254. The van der Waals surface area contributed by atoms with Gasteiger partial charge >= 0.3 is 6.18 Å². The molecular weight excluding hydrogens is 844 g/mol. The molecule has 8 rings (SSSR count). The van der Waals surface area contributed by atoms with Crippen LogP contribution < -0.4 is 20.3 Å². The van der Waals surface area contributed by atoms with Crippen molar-refractivity contribution < 1.29 is 35.9 Å². The van der Waals surface area contributed by atoms with Crippen LogP contribution in [0.1, 0.15) is 44.0 Å². The van der Waals surface area contributed by atoms with Gasteiger partial charge in [0.2, 0.25) is 0 Å². The number of morpholine rings is 1. The molecule has 5 heterocycles. The van der Waals surface area contributed by atoms with Crippen molar-refractivity contribution in [3.05, 3.63) is 138 Å². The van der Waals surface area contributed by atoms with Crippen molar-refractivity contribution in [1.29, 1.82) is 0 Å². The fraction of sp³-hybridized carbons (Fsp3) is 0.279. The predicted molar refractivity (Wildman–Crippen MR) is 229 cm³/mol. The third kappa shape index (κ3) is 10.2. The first kappa shape index (κ1) is 42.7. The number of halogens is 3. The first-order valence-electron chi connectivity index (χ1n) is 19.9. The Bertz CT molecular complexity index is 2650. The normalized spacial score (nSPS) is 15.2. The number of carbonyl (C=O) groups is 2. The van der Waals surface area contributed by atoms with E-state index < -0.39 is 38.6 Å². The summed E-state index contributed by atoms with van der Waals surface area (Å²) in [5.74, 6) is -0.343. The Morgan fingerprint density at radius 1 is 0.919 bits per heavy atom. The lowest BCUT2D eigenvalue weighted by atomic mass is 9.94. The molecule has 2 amide bonds. The average Bonchev–Trinajstić information content (AvgIpc) is 3.69. The predicted octanol–water partition coefficient (Wildman–Crippen LogP) is 6.37. The molecule has 0 unspecified atom stereocenters. The monoisotopic (exact) mass is 885 g/mol. The molecule has 1 fully saturated rings. The lowest BCUT2D eigenvalue weighted by molar-refractivity contribution is -0.137. The summed E-state index contributed by atoms with van der Waals surface area (Å²) in [5, 5.41) is 5.90. The van der Waals surface area contributed by atoms with Gasteiger partial charge in [-0.3, -0.25) is 19.5 Å². The highest BCUT2D eigenvalue weighted by molar-refractivity contribution is 7.99. The van der Waals surface area contributed by atoms with E-state index in [1.807, 2.05) is 46.0 Å². The van der Waals surface area contributed by atoms with Crippen LogP contribution in [0.25, 0.3) is 5.65 Å². The summed E-state index contributed by atoms with van der Waals surface area (Å²) in [4.78, 5) is 44.1. The first-order chi connectivity index (χ1) is 29.9. The molecule has 0 aliphatic carbocycles. The number of rotatable bonds is 14. The highest BCUT2D eigenvalue weighted by Crippen LogP contribution is 2.37. The Labute approximate surface area is 360 Å². The molecule has 3 aromatic heterocycles. The van der Waals surface area contributed by atoms with Gasteiger partial charge in [0.15, 0.2) is 11.5 Å². The van der Waals surface area contributed by atoms with Crippen LogP contribution in [0.3, 0.4) is 0 Å². The molecule has 19 heteroatoms. The zero-order valence-electron chi connectivity index (χ0n) is 33.2. The third-order valence-electron chi connectivity index (χ3n) is 10.6. The Hall–Kier alpha value is -6.02. The number of pyridine rings is 1. The molecule has 14 nitrogen and oxygen atoms in total. The number of anilines is 3. The van der Waals surface area contributed by atoms with E-state index in [4.69, 9.17) is 4.74 Å². The number of fused-ring (bicyclic) bond motifs is 2. The van der Waals surface area contributed by atoms with Crippen molar-refractivity contribution in [2.24, 2.45) is 0 Å². The van der Waals surface area contributed by atoms with E-state index in [0.717, 1.165) is 41.2 Å². The largest absolute Gasteiger partial charge is 0.418 e. The lowest BCUT2D eigenvalue weighted by Crippen LogP contribution is -2.39. The Morgan fingerprint density at radius 3 is 2.52 bits per heavy atom. The highest BCUT2D eigenvalue weighted by atomic mass is 32.2. The van der Waals surface area contributed by atoms with Crippen LogP contribution >= 0.6 is 11.8 Å². The van der Waals surface area contributed by atoms with E-state index in [0.29, 0.717) is 73.8 Å². The number of imidazole rings is 1. The Morgan fingerprint density at radius 2 is 1.73 bits per heavy atom. The summed E-state index contributed by atoms with van der Waals surface area (Å²) in [5.41, 5.74) is 0.989. The van der Waals surface area contributed by atoms with Gasteiger partial charge in [0.1, 0.15) is 11.5 Å². The Kier molecular flexibility index (Phi) is 12.8. The molecule has 1 atom stereocenters. The molecule has 2 aliphatic rings. The zero-order valence-corrected chi connectivity index (χ0v) is 34.8. The number of nitrogens with one attached hydrogen (secondary N) is 3. The number of thioether (sulfide) groups is 1. The number of aromatic nitrogens is 4. The summed E-state index contributed by atoms with van der Waals surface area (Å²) < 4.78 is 80.1. The number of amides is 2. The van der Waals surface area contributed by atoms with Crippen molar-refractivity contribution in [3.63, 3.8) is 0 Å². The summed E-state index contributed by atoms with van der Waals surface area (Å²) >= 11 is 1.51. The molecule has 322 valence electrons. The van der Waals surface area contributed by atoms with E-state index in [2.05, 4.69) is 30.5 Å². The minimum atomic E-state index is -4.92. The average molecular weight is 886 g/mol. The molecule has 3 N–H and O–H groups in total. The number of alkyl halides is 3. The van der Waals surface area contributed by atoms with Gasteiger partial charge < -0.3 is 24.7 Å². The van der Waals surface area contributed by atoms with E-state index in [1.54, 1.807) is 47.4 Å². The number of benzene rings is 3. The first-order valence-corrected chi connectivity index (χ1v) is 22.3. The molecule has 0 bridgehead atoms. The number of ether oxygens (including phenoxy) is 1. The van der Waals surface area contributed by atoms with Crippen LogP contribution in [0.4, 0.5) is 30.5 Å². The molecule has 0 radical (unpaired) electrons. The van der Waals surface area contributed by atoms with Crippen LogP contribution in [0.5, 0.6) is 0 Å². The van der Waals surface area contributed by atoms with Crippen molar-refractivity contribution in [1.82, 2.24) is 29.0 Å². The van der Waals surface area contributed by atoms with E-state index in [-0.39, 0.29) is 23.8 Å². The summed E-state index contributed by atoms with van der Waals surface area (Å²) in [6.07, 6.45) is 2.73. The summed E-state index contributed by atoms with van der Waals surface area (Å²) in [6, 6.07) is 21.7. The number of hydrogen-bond donors (Lipinski definition) is 3. The molecule has 2 aliphatic heterocycles. The quantitative estimate of drug-likeness (QED) is 0.104. The van der Waals surface area contributed by atoms with Crippen LogP contribution in [-0.4, -0.2) is 95.7 Å². The van der Waals surface area contributed by atoms with Gasteiger partial charge in [-0.1, -0.05) is 36.4 Å². The maximum atomic E-state index is 14.7. The van der Waals surface area contributed by atoms with Crippen molar-refractivity contribution in [2.45, 2.75) is 41.4 Å². The number of sulfonamides is 1. The van der Waals surface area contributed by atoms with Crippen LogP contribution in [0, 0.1) is 0 Å². The molecule has 3 aromatic carbocycles. The van der Waals surface area contributed by atoms with Gasteiger partial charge in [-0.15, -0.1) is 11.8 Å². The maximum Gasteiger partial charge on any atom is 0.418 e. The second-order valence-electron chi connectivity index (χ2n) is 14.8. The van der Waals surface area contributed by atoms with E-state index in [9.17, 15) is 31.2 Å². The fourth-order valence-electron chi connectivity index (χ4n) is 7.38. The molecule has 6 aromatic rings. The van der Waals surface area contributed by atoms with Gasteiger partial charge in [0, 0.05) is 73.1 Å². The van der Waals surface area contributed by atoms with Crippen LogP contribution in [0.15, 0.2) is 120 Å². The van der Waals surface area contributed by atoms with Crippen molar-refractivity contribution >= 4 is 56.6 Å². The third-order valence-corrected chi connectivity index (χ3v) is 13.1. The van der Waals surface area contributed by atoms with Gasteiger partial charge in [0.25, 0.3) is 21.8 Å². The summed E-state index contributed by atoms with van der Waals surface area (Å²) in [7, 11) is -4.79. The second kappa shape index (κ2) is 18.5. The SMILES string of the molecule is O=C(NS(=O)(=O)c1ccc(N[C@H](CCN2CCOCC2)CSc2ccccc2)c(C(F)(F)F)c1)c1cccc(N2CCc3cccc(C(=O)Nc4cn5ccncc5n4)c3C2)n1. The molecular formula is C43H42F3N9O5S2. The Balaban J connectivity index is 0.963. The number of carbonyl (C=O) groups excluding carboxylic acids is 2. The molecule has 0 saturated carbocycles. The van der Waals surface area contributed by atoms with Crippen molar-refractivity contribution in [3.8, 4) is 0 Å². The summed E-state index contributed by atoms with van der Waals surface area (Å²) in [6.45, 7) is 4.00. The highest BCUT2D eigenvalue weighted by Gasteiger charge is 2.36. The van der Waals surface area contributed by atoms with E-state index >= 15 is 0 Å². The number of hydrogen-bond acceptors (Lipinski definition) is 12. The maximum absolute atomic E-state index is 14.7. The van der Waals surface area contributed by atoms with Crippen LogP contribution in [0.2, 0.25) is 0 Å². The van der Waals surface area contributed by atoms with Gasteiger partial charge in [-0.2, -0.15) is 13.2 Å². The minimum Gasteiger partial charge on any atom is -0.381 e. The lowest BCUT2D eigenvalue weighted by Gasteiger charge is -2.31. The number of nitrogens with zero attached hydrogens (tertiary/aromatic N) is 6. The molecule has 1 saturated heterocycles. The van der Waals surface area contributed by atoms with E-state index in [1.165, 1.54) is 23.9 Å². The van der Waals surface area contributed by atoms with Crippen molar-refractivity contribution in [2.75, 3.05) is 60.7 Å². The zero-order chi connectivity index (χ0) is 43.3. The molecule has 62 heavy (non-hydrogen) atoms. The van der Waals surface area contributed by atoms with Gasteiger partial charge in [0.05, 0.1) is 36.1 Å². The van der Waals surface area contributed by atoms with Gasteiger partial charge in [-0.25, -0.2) is 23.1 Å². The standard InChI is InChI=1S/C43H42F3N9O5S2/c44-43(45,46)35-24-32(12-13-36(35)48-30(15-17-53-20-22-60-23-21-53)28-61-31-7-2-1-3-8-31)62(58,59)52-42(57)37-10-5-11-39(49-37)54-18-14-29-6-4-9-33(34(29)26-54)41(56)51-38-27-55-19-16-47-25-40(55)50-38/h1-13,16,19,24-25,27,30,48H,14-15,17-18,20-23,26,28H2,(H,51,56)(H,52,57)/t30-/m1/s1. The second-order valence-corrected chi connectivity index (χ2v) is 17.5. The van der Waals surface area contributed by atoms with Crippen LogP contribution in [-0.2, 0) is 33.9 Å².